The van der Waals surface area contributed by atoms with E-state index in [2.05, 4.69) is 5.32 Å². The van der Waals surface area contributed by atoms with Gasteiger partial charge in [0.25, 0.3) is 0 Å². The molecule has 0 bridgehead atoms. The number of rotatable bonds is 4. The lowest BCUT2D eigenvalue weighted by molar-refractivity contribution is -0.137. The van der Waals surface area contributed by atoms with Crippen molar-refractivity contribution in [3.63, 3.8) is 0 Å². The maximum atomic E-state index is 12.8. The molecule has 25 heavy (non-hydrogen) atoms. The topological polar surface area (TPSA) is 75.4 Å². The Morgan fingerprint density at radius 1 is 1.40 bits per heavy atom. The van der Waals surface area contributed by atoms with Crippen molar-refractivity contribution in [3.8, 4) is 0 Å². The van der Waals surface area contributed by atoms with Gasteiger partial charge in [0, 0.05) is 6.54 Å². The van der Waals surface area contributed by atoms with Crippen LogP contribution >= 0.6 is 11.6 Å². The van der Waals surface area contributed by atoms with Crippen LogP contribution < -0.4 is 11.1 Å². The predicted octanol–water partition coefficient (Wildman–Crippen LogP) is 2.88. The average molecular weight is 378 g/mol. The lowest BCUT2D eigenvalue weighted by Crippen LogP contribution is -2.49. The molecule has 1 aromatic rings. The summed E-state index contributed by atoms with van der Waals surface area (Å²) in [5.41, 5.74) is 4.32. The largest absolute Gasteiger partial charge is 0.416 e. The molecule has 1 saturated heterocycles. The molecule has 0 unspecified atom stereocenters. The van der Waals surface area contributed by atoms with Gasteiger partial charge < -0.3 is 11.1 Å². The molecule has 2 amide bonds. The van der Waals surface area contributed by atoms with Gasteiger partial charge in [-0.15, -0.1) is 0 Å². The fourth-order valence-electron chi connectivity index (χ4n) is 2.79. The van der Waals surface area contributed by atoms with Crippen LogP contribution in [-0.2, 0) is 15.8 Å². The van der Waals surface area contributed by atoms with Gasteiger partial charge in [-0.2, -0.15) is 13.2 Å². The van der Waals surface area contributed by atoms with Crippen LogP contribution in [0.25, 0.3) is 0 Å². The summed E-state index contributed by atoms with van der Waals surface area (Å²) in [5.74, 6) is -1.24. The summed E-state index contributed by atoms with van der Waals surface area (Å²) >= 11 is 5.89. The summed E-state index contributed by atoms with van der Waals surface area (Å²) < 4.78 is 38.4. The van der Waals surface area contributed by atoms with E-state index in [1.54, 1.807) is 11.8 Å². The summed E-state index contributed by atoms with van der Waals surface area (Å²) in [5, 5.41) is 2.45. The van der Waals surface area contributed by atoms with Crippen LogP contribution in [0, 0.1) is 5.92 Å². The monoisotopic (exact) mass is 377 g/mol. The number of anilines is 1. The molecule has 1 fully saturated rings. The van der Waals surface area contributed by atoms with Gasteiger partial charge in [-0.1, -0.05) is 11.6 Å². The van der Waals surface area contributed by atoms with Gasteiger partial charge in [-0.05, 0) is 44.5 Å². The van der Waals surface area contributed by atoms with E-state index in [0.717, 1.165) is 24.6 Å². The molecule has 3 N–H and O–H groups in total. The Bertz CT molecular complexity index is 667. The average Bonchev–Trinajstić information content (AvgIpc) is 2.55. The minimum atomic E-state index is -4.53. The number of halogens is 4. The number of benzene rings is 1. The van der Waals surface area contributed by atoms with Crippen LogP contribution in [0.5, 0.6) is 0 Å². The molecule has 1 aliphatic heterocycles. The Balaban J connectivity index is 2.10. The quantitative estimate of drug-likeness (QED) is 0.847. The molecule has 138 valence electrons. The lowest BCUT2D eigenvalue weighted by atomic mass is 9.96. The summed E-state index contributed by atoms with van der Waals surface area (Å²) in [6, 6.07) is 2.11. The van der Waals surface area contributed by atoms with Crippen LogP contribution in [-0.4, -0.2) is 35.8 Å². The van der Waals surface area contributed by atoms with Crippen LogP contribution in [0.2, 0.25) is 5.02 Å². The van der Waals surface area contributed by atoms with E-state index in [1.807, 2.05) is 0 Å². The molecule has 0 saturated carbocycles. The van der Waals surface area contributed by atoms with Crippen molar-refractivity contribution in [2.75, 3.05) is 18.4 Å². The van der Waals surface area contributed by atoms with E-state index in [0.29, 0.717) is 19.5 Å². The summed E-state index contributed by atoms with van der Waals surface area (Å²) in [6.07, 6.45) is -3.15. The van der Waals surface area contributed by atoms with E-state index >= 15 is 0 Å². The fourth-order valence-corrected chi connectivity index (χ4v) is 2.96. The third-order valence-electron chi connectivity index (χ3n) is 4.33. The molecule has 2 rings (SSSR count). The Morgan fingerprint density at radius 3 is 2.68 bits per heavy atom. The number of carbonyl (C=O) groups excluding carboxylic acids is 2. The highest BCUT2D eigenvalue weighted by Crippen LogP contribution is 2.34. The van der Waals surface area contributed by atoms with Crippen LogP contribution in [0.15, 0.2) is 18.2 Å². The summed E-state index contributed by atoms with van der Waals surface area (Å²) in [6.45, 7) is 2.58. The number of nitrogens with zero attached hydrogens (tertiary/aromatic N) is 1. The molecule has 0 aliphatic carbocycles. The number of nitrogens with one attached hydrogen (secondary N) is 1. The van der Waals surface area contributed by atoms with E-state index in [9.17, 15) is 22.8 Å². The van der Waals surface area contributed by atoms with Gasteiger partial charge in [0.15, 0.2) is 0 Å². The number of hydrogen-bond donors (Lipinski definition) is 2. The molecule has 1 aliphatic rings. The standard InChI is InChI=1S/C16H19ClF3N3O2/c1-9(23-6-2-3-10(8-23)14(21)24)15(25)22-13-7-11(16(18,19)20)4-5-12(13)17/h4-5,7,9-10H,2-3,6,8H2,1H3,(H2,21,24)(H,22,25)/t9-,10+/m1/s1. The van der Waals surface area contributed by atoms with E-state index in [1.165, 1.54) is 0 Å². The highest BCUT2D eigenvalue weighted by Gasteiger charge is 2.32. The highest BCUT2D eigenvalue weighted by molar-refractivity contribution is 6.33. The number of amides is 2. The van der Waals surface area contributed by atoms with Crippen molar-refractivity contribution < 1.29 is 22.8 Å². The third kappa shape index (κ3) is 4.85. The van der Waals surface area contributed by atoms with Gasteiger partial charge in [-0.3, -0.25) is 14.5 Å². The van der Waals surface area contributed by atoms with Crippen molar-refractivity contribution in [2.24, 2.45) is 11.7 Å². The molecule has 0 radical (unpaired) electrons. The first-order chi connectivity index (χ1) is 11.6. The zero-order valence-corrected chi connectivity index (χ0v) is 14.3. The zero-order valence-electron chi connectivity index (χ0n) is 13.6. The van der Waals surface area contributed by atoms with Crippen LogP contribution in [0.3, 0.4) is 0 Å². The summed E-state index contributed by atoms with van der Waals surface area (Å²) in [4.78, 5) is 25.5. The van der Waals surface area contributed by atoms with Gasteiger partial charge in [0.05, 0.1) is 28.2 Å². The molecule has 1 aromatic carbocycles. The SMILES string of the molecule is C[C@H](C(=O)Nc1cc(C(F)(F)F)ccc1Cl)N1CCC[C@H](C(N)=O)C1. The number of alkyl halides is 3. The second kappa shape index (κ2) is 7.61. The first kappa shape index (κ1) is 19.5. The van der Waals surface area contributed by atoms with Crippen molar-refractivity contribution in [3.05, 3.63) is 28.8 Å². The smallest absolute Gasteiger partial charge is 0.369 e. The van der Waals surface area contributed by atoms with E-state index in [-0.39, 0.29) is 16.6 Å². The minimum Gasteiger partial charge on any atom is -0.369 e. The number of piperidine rings is 1. The normalized spacial score (nSPS) is 20.1. The predicted molar refractivity (Wildman–Crippen MR) is 88.0 cm³/mol. The van der Waals surface area contributed by atoms with Crippen molar-refractivity contribution >= 4 is 29.1 Å². The number of primary amides is 1. The van der Waals surface area contributed by atoms with E-state index < -0.39 is 29.6 Å². The number of likely N-dealkylation sites (tertiary alicyclic amines) is 1. The minimum absolute atomic E-state index is 0.0159. The van der Waals surface area contributed by atoms with Crippen molar-refractivity contribution in [2.45, 2.75) is 32.0 Å². The molecule has 0 spiro atoms. The Labute approximate surface area is 148 Å². The molecular weight excluding hydrogens is 359 g/mol. The maximum absolute atomic E-state index is 12.8. The first-order valence-corrected chi connectivity index (χ1v) is 8.18. The number of nitrogens with two attached hydrogens (primary N) is 1. The van der Waals surface area contributed by atoms with Crippen LogP contribution in [0.4, 0.5) is 18.9 Å². The van der Waals surface area contributed by atoms with Crippen LogP contribution in [0.1, 0.15) is 25.3 Å². The number of carbonyl (C=O) groups is 2. The Hall–Kier alpha value is -1.80. The third-order valence-corrected chi connectivity index (χ3v) is 4.66. The molecule has 2 atom stereocenters. The van der Waals surface area contributed by atoms with Crippen molar-refractivity contribution in [1.82, 2.24) is 4.90 Å². The molecular formula is C16H19ClF3N3O2. The van der Waals surface area contributed by atoms with Gasteiger partial charge in [0.1, 0.15) is 0 Å². The first-order valence-electron chi connectivity index (χ1n) is 7.80. The summed E-state index contributed by atoms with van der Waals surface area (Å²) in [7, 11) is 0. The lowest BCUT2D eigenvalue weighted by Gasteiger charge is -2.34. The van der Waals surface area contributed by atoms with Crippen molar-refractivity contribution in [1.29, 1.82) is 0 Å². The molecule has 0 aromatic heterocycles. The van der Waals surface area contributed by atoms with Gasteiger partial charge in [0.2, 0.25) is 11.8 Å². The Kier molecular flexibility index (Phi) is 5.95. The molecule has 1 heterocycles. The number of hydrogen-bond acceptors (Lipinski definition) is 3. The molecule has 9 heteroatoms. The second-order valence-electron chi connectivity index (χ2n) is 6.09. The maximum Gasteiger partial charge on any atom is 0.416 e. The highest BCUT2D eigenvalue weighted by atomic mass is 35.5. The van der Waals surface area contributed by atoms with Gasteiger partial charge >= 0.3 is 6.18 Å². The van der Waals surface area contributed by atoms with E-state index in [4.69, 9.17) is 17.3 Å². The second-order valence-corrected chi connectivity index (χ2v) is 6.50. The zero-order chi connectivity index (χ0) is 18.8. The van der Waals surface area contributed by atoms with Gasteiger partial charge in [-0.25, -0.2) is 0 Å². The molecule has 5 nitrogen and oxygen atoms in total. The fraction of sp³-hybridized carbons (Fsp3) is 0.500. The Morgan fingerprint density at radius 2 is 2.08 bits per heavy atom.